The molecular weight excluding hydrogens is 422 g/mol. The average Bonchev–Trinajstić information content (AvgIpc) is 2.60. The maximum atomic E-state index is 2.61. The molecule has 0 nitrogen and oxygen atoms in total. The summed E-state index contributed by atoms with van der Waals surface area (Å²) < 4.78 is 0. The van der Waals surface area contributed by atoms with Gasteiger partial charge in [0.1, 0.15) is 0 Å². The second kappa shape index (κ2) is 10.5. The van der Waals surface area contributed by atoms with Crippen molar-refractivity contribution in [1.82, 2.24) is 0 Å². The van der Waals surface area contributed by atoms with Gasteiger partial charge in [-0.25, -0.2) is 0 Å². The normalized spacial score (nSPS) is 13.9. The Balaban J connectivity index is 6.42. The molecule has 22 heavy (non-hydrogen) atoms. The van der Waals surface area contributed by atoms with Crippen LogP contribution in [0.1, 0.15) is 62.3 Å². The van der Waals surface area contributed by atoms with Crippen LogP contribution in [0, 0.1) is 0 Å². The van der Waals surface area contributed by atoms with E-state index in [1.165, 1.54) is 0 Å². The molecule has 0 saturated heterocycles. The van der Waals surface area contributed by atoms with Gasteiger partial charge in [-0.05, 0) is 0 Å². The molecule has 0 saturated carbocycles. The summed E-state index contributed by atoms with van der Waals surface area (Å²) in [7, 11) is 0. The molecule has 4 heteroatoms. The average molecular weight is 468 g/mol. The van der Waals surface area contributed by atoms with Crippen LogP contribution in [0.5, 0.6) is 0 Å². The van der Waals surface area contributed by atoms with Crippen molar-refractivity contribution >= 4 is 34.3 Å². The Labute approximate surface area is 150 Å². The van der Waals surface area contributed by atoms with Crippen molar-refractivity contribution in [3.8, 4) is 0 Å². The van der Waals surface area contributed by atoms with Gasteiger partial charge >= 0.3 is 151 Å². The van der Waals surface area contributed by atoms with Gasteiger partial charge in [0.25, 0.3) is 0 Å². The van der Waals surface area contributed by atoms with Crippen LogP contribution in [-0.4, -0.2) is 34.3 Å². The fourth-order valence-corrected chi connectivity index (χ4v) is 184. The summed E-state index contributed by atoms with van der Waals surface area (Å²) in [6.45, 7) is 23.5. The summed E-state index contributed by atoms with van der Waals surface area (Å²) in [6.07, 6.45) is 0. The second-order valence-electron chi connectivity index (χ2n) is 7.19. The third-order valence-electron chi connectivity index (χ3n) is 7.35. The molecule has 0 aliphatic heterocycles. The summed E-state index contributed by atoms with van der Waals surface area (Å²) in [4.78, 5) is 0. The van der Waals surface area contributed by atoms with E-state index in [0.29, 0.717) is 0 Å². The maximum absolute atomic E-state index is 2.61. The minimum absolute atomic E-state index is 0.937. The molecule has 0 bridgehead atoms. The topological polar surface area (TPSA) is 0 Å². The van der Waals surface area contributed by atoms with E-state index in [1.54, 1.807) is 54.4 Å². The Morgan fingerprint density at radius 2 is 0.500 bits per heavy atom. The van der Waals surface area contributed by atoms with E-state index in [4.69, 9.17) is 0 Å². The fourth-order valence-electron chi connectivity index (χ4n) is 5.18. The molecule has 134 valence electrons. The zero-order valence-corrected chi connectivity index (χ0v) is 22.9. The van der Waals surface area contributed by atoms with E-state index < -0.39 is 34.3 Å². The standard InChI is InChI=1S/3C6H15Si.Sb/c3*1-4-7(5-2)6-3;/h3*4-6H2,1-3H3;. The van der Waals surface area contributed by atoms with Gasteiger partial charge in [0.05, 0.1) is 0 Å². The molecule has 0 amide bonds. The van der Waals surface area contributed by atoms with Crippen LogP contribution in [0.15, 0.2) is 0 Å². The molecule has 0 aromatic rings. The van der Waals surface area contributed by atoms with Gasteiger partial charge in [-0.15, -0.1) is 0 Å². The summed E-state index contributed by atoms with van der Waals surface area (Å²) >= 11 is -1.16. The summed E-state index contributed by atoms with van der Waals surface area (Å²) in [6, 6.07) is 14.7. The van der Waals surface area contributed by atoms with Gasteiger partial charge in [0.2, 0.25) is 0 Å². The van der Waals surface area contributed by atoms with E-state index in [-0.39, 0.29) is 0 Å². The zero-order chi connectivity index (χ0) is 17.4. The number of rotatable bonds is 12. The molecule has 0 N–H and O–H groups in total. The molecular formula is C18H45SbSi3. The molecule has 0 aromatic heterocycles. The van der Waals surface area contributed by atoms with Crippen LogP contribution in [0.25, 0.3) is 0 Å². The molecule has 0 aliphatic rings. The summed E-state index contributed by atoms with van der Waals surface area (Å²) in [5.74, 6) is 0. The van der Waals surface area contributed by atoms with E-state index in [0.717, 1.165) is 0 Å². The van der Waals surface area contributed by atoms with Crippen LogP contribution in [-0.2, 0) is 0 Å². The van der Waals surface area contributed by atoms with Gasteiger partial charge in [0.15, 0.2) is 0 Å². The van der Waals surface area contributed by atoms with Crippen LogP contribution in [0.3, 0.4) is 0 Å². The number of hydrogen-bond donors (Lipinski definition) is 0. The van der Waals surface area contributed by atoms with Crippen molar-refractivity contribution in [1.29, 1.82) is 0 Å². The molecule has 0 heterocycles. The fraction of sp³-hybridized carbons (Fsp3) is 1.00. The van der Waals surface area contributed by atoms with Gasteiger partial charge in [-0.2, -0.15) is 0 Å². The molecule has 0 atom stereocenters. The Morgan fingerprint density at radius 1 is 0.364 bits per heavy atom. The quantitative estimate of drug-likeness (QED) is 0.265. The van der Waals surface area contributed by atoms with Gasteiger partial charge in [-0.1, -0.05) is 0 Å². The monoisotopic (exact) mass is 466 g/mol. The van der Waals surface area contributed by atoms with Gasteiger partial charge in [0, 0.05) is 0 Å². The molecule has 0 unspecified atom stereocenters. The zero-order valence-electron chi connectivity index (χ0n) is 17.3. The summed E-state index contributed by atoms with van der Waals surface area (Å²) in [5, 5.41) is 0. The van der Waals surface area contributed by atoms with Crippen molar-refractivity contribution in [2.45, 2.75) is 117 Å². The molecule has 0 spiro atoms. The molecule has 0 radical (unpaired) electrons. The Hall–Kier alpha value is 1.47. The first-order chi connectivity index (χ1) is 10.4. The predicted octanol–water partition coefficient (Wildman–Crippen LogP) is 7.24. The summed E-state index contributed by atoms with van der Waals surface area (Å²) in [5.41, 5.74) is -2.81. The molecule has 0 rings (SSSR count). The van der Waals surface area contributed by atoms with Crippen molar-refractivity contribution in [2.24, 2.45) is 0 Å². The van der Waals surface area contributed by atoms with Crippen LogP contribution in [0.4, 0.5) is 0 Å². The van der Waals surface area contributed by atoms with Gasteiger partial charge < -0.3 is 0 Å². The first-order valence-electron chi connectivity index (χ1n) is 10.2. The third-order valence-corrected chi connectivity index (χ3v) is 128. The van der Waals surface area contributed by atoms with E-state index in [1.807, 2.05) is 0 Å². The van der Waals surface area contributed by atoms with Crippen LogP contribution >= 0.6 is 0 Å². The molecule has 0 fully saturated rings. The van der Waals surface area contributed by atoms with Crippen molar-refractivity contribution in [3.05, 3.63) is 0 Å². The van der Waals surface area contributed by atoms with Crippen molar-refractivity contribution in [3.63, 3.8) is 0 Å². The Morgan fingerprint density at radius 3 is 0.591 bits per heavy atom. The number of hydrogen-bond acceptors (Lipinski definition) is 0. The van der Waals surface area contributed by atoms with Gasteiger partial charge in [-0.3, -0.25) is 0 Å². The predicted molar refractivity (Wildman–Crippen MR) is 117 cm³/mol. The minimum atomic E-state index is -1.16. The van der Waals surface area contributed by atoms with Crippen LogP contribution in [0.2, 0.25) is 54.4 Å². The van der Waals surface area contributed by atoms with E-state index in [2.05, 4.69) is 62.3 Å². The molecule has 0 aromatic carbocycles. The van der Waals surface area contributed by atoms with E-state index >= 15 is 0 Å². The van der Waals surface area contributed by atoms with Crippen molar-refractivity contribution in [2.75, 3.05) is 0 Å². The second-order valence-corrected chi connectivity index (χ2v) is 65.2. The Kier molecular flexibility index (Phi) is 11.2. The first-order valence-corrected chi connectivity index (χ1v) is 29.4. The van der Waals surface area contributed by atoms with E-state index in [9.17, 15) is 0 Å². The van der Waals surface area contributed by atoms with Crippen molar-refractivity contribution < 1.29 is 0 Å². The Bertz CT molecular complexity index is 222. The first kappa shape index (κ1) is 23.5. The third kappa shape index (κ3) is 4.17. The van der Waals surface area contributed by atoms with Crippen LogP contribution < -0.4 is 0 Å². The molecule has 0 aliphatic carbocycles. The SMILES string of the molecule is CC[Si](CC)(CC)[Sb]([Si](CC)(CC)CC)[Si](CC)(CC)CC.